The Labute approximate surface area is 154 Å². The molecule has 3 N–H and O–H groups in total. The van der Waals surface area contributed by atoms with Gasteiger partial charge in [0.1, 0.15) is 0 Å². The van der Waals surface area contributed by atoms with E-state index in [2.05, 4.69) is 20.9 Å². The molecule has 0 bridgehead atoms. The Kier molecular flexibility index (Phi) is 5.77. The van der Waals surface area contributed by atoms with Crippen LogP contribution in [-0.4, -0.2) is 63.6 Å². The van der Waals surface area contributed by atoms with Gasteiger partial charge in [-0.1, -0.05) is 18.2 Å². The number of fused-ring (bicyclic) bond motifs is 1. The van der Waals surface area contributed by atoms with Crippen molar-refractivity contribution in [2.45, 2.75) is 18.8 Å². The molecule has 8 nitrogen and oxygen atoms in total. The molecule has 0 radical (unpaired) electrons. The molecule has 2 heterocycles. The van der Waals surface area contributed by atoms with Crippen molar-refractivity contribution in [1.82, 2.24) is 14.9 Å². The van der Waals surface area contributed by atoms with Gasteiger partial charge in [-0.25, -0.2) is 12.7 Å². The van der Waals surface area contributed by atoms with Crippen molar-refractivity contribution in [3.8, 4) is 0 Å². The van der Waals surface area contributed by atoms with Crippen LogP contribution in [0.4, 0.5) is 5.69 Å². The maximum absolute atomic E-state index is 11.9. The summed E-state index contributed by atoms with van der Waals surface area (Å²) in [6.07, 6.45) is 1.12. The molecule has 2 aliphatic heterocycles. The number of guanidine groups is 1. The largest absolute Gasteiger partial charge is 0.356 e. The third-order valence-electron chi connectivity index (χ3n) is 4.70. The number of carbonyl (C=O) groups is 1. The van der Waals surface area contributed by atoms with E-state index in [4.69, 9.17) is 0 Å². The van der Waals surface area contributed by atoms with E-state index in [1.807, 2.05) is 24.3 Å². The van der Waals surface area contributed by atoms with Crippen LogP contribution in [0.25, 0.3) is 0 Å². The van der Waals surface area contributed by atoms with Crippen LogP contribution in [0.5, 0.6) is 0 Å². The lowest BCUT2D eigenvalue weighted by Gasteiger charge is -2.26. The van der Waals surface area contributed by atoms with E-state index >= 15 is 0 Å². The Bertz CT molecular complexity index is 793. The molecule has 1 amide bonds. The zero-order valence-corrected chi connectivity index (χ0v) is 15.7. The first-order valence-corrected chi connectivity index (χ1v) is 10.4. The summed E-state index contributed by atoms with van der Waals surface area (Å²) in [4.78, 5) is 16.1. The van der Waals surface area contributed by atoms with Crippen LogP contribution in [-0.2, 0) is 14.8 Å². The molecule has 1 aromatic carbocycles. The number of anilines is 1. The zero-order chi connectivity index (χ0) is 18.6. The molecule has 0 aliphatic carbocycles. The Morgan fingerprint density at radius 2 is 2.15 bits per heavy atom. The second-order valence-electron chi connectivity index (χ2n) is 6.48. The van der Waals surface area contributed by atoms with Crippen LogP contribution in [0.3, 0.4) is 0 Å². The number of para-hydroxylation sites is 1. The number of rotatable bonds is 5. The van der Waals surface area contributed by atoms with Gasteiger partial charge in [0.2, 0.25) is 15.9 Å². The number of amides is 1. The fourth-order valence-electron chi connectivity index (χ4n) is 3.37. The molecular formula is C17H25N5O3S. The molecule has 1 fully saturated rings. The molecule has 2 aliphatic rings. The summed E-state index contributed by atoms with van der Waals surface area (Å²) in [5.41, 5.74) is 1.97. The van der Waals surface area contributed by atoms with Crippen molar-refractivity contribution >= 4 is 27.6 Å². The van der Waals surface area contributed by atoms with Gasteiger partial charge in [-0.05, 0) is 18.1 Å². The van der Waals surface area contributed by atoms with Crippen molar-refractivity contribution in [2.75, 3.05) is 44.3 Å². The predicted octanol–water partition coefficient (Wildman–Crippen LogP) is 0.313. The molecule has 1 unspecified atom stereocenters. The topological polar surface area (TPSA) is 103 Å². The first-order valence-electron chi connectivity index (χ1n) is 8.81. The normalized spacial score (nSPS) is 22.6. The molecule has 142 valence electrons. The van der Waals surface area contributed by atoms with Gasteiger partial charge in [-0.15, -0.1) is 0 Å². The summed E-state index contributed by atoms with van der Waals surface area (Å²) in [5.74, 6) is 0.920. The number of sulfonamides is 1. The van der Waals surface area contributed by atoms with Gasteiger partial charge in [-0.3, -0.25) is 9.79 Å². The highest BCUT2D eigenvalue weighted by Gasteiger charge is 2.27. The fraction of sp³-hybridized carbons (Fsp3) is 0.529. The van der Waals surface area contributed by atoms with Crippen LogP contribution >= 0.6 is 0 Å². The molecule has 0 spiro atoms. The fourth-order valence-corrected chi connectivity index (χ4v) is 4.89. The minimum atomic E-state index is -3.07. The molecule has 1 saturated heterocycles. The van der Waals surface area contributed by atoms with Crippen LogP contribution < -0.4 is 16.0 Å². The first kappa shape index (κ1) is 18.7. The van der Waals surface area contributed by atoms with E-state index in [-0.39, 0.29) is 17.6 Å². The van der Waals surface area contributed by atoms with Crippen LogP contribution in [0.1, 0.15) is 24.3 Å². The Hall–Kier alpha value is -2.13. The molecule has 1 aromatic rings. The summed E-state index contributed by atoms with van der Waals surface area (Å²) in [7, 11) is -1.40. The lowest BCUT2D eigenvalue weighted by molar-refractivity contribution is -0.116. The van der Waals surface area contributed by atoms with E-state index in [1.165, 1.54) is 4.31 Å². The van der Waals surface area contributed by atoms with Gasteiger partial charge in [0.05, 0.1) is 5.75 Å². The molecule has 0 aromatic heterocycles. The van der Waals surface area contributed by atoms with Crippen LogP contribution in [0.15, 0.2) is 29.3 Å². The highest BCUT2D eigenvalue weighted by atomic mass is 32.2. The maximum atomic E-state index is 11.9. The van der Waals surface area contributed by atoms with Crippen LogP contribution in [0, 0.1) is 0 Å². The monoisotopic (exact) mass is 379 g/mol. The maximum Gasteiger partial charge on any atom is 0.225 e. The number of hydrogen-bond acceptors (Lipinski definition) is 4. The summed E-state index contributed by atoms with van der Waals surface area (Å²) in [5, 5.41) is 9.27. The van der Waals surface area contributed by atoms with Crippen molar-refractivity contribution in [3.63, 3.8) is 0 Å². The summed E-state index contributed by atoms with van der Waals surface area (Å²) >= 11 is 0. The molecule has 0 saturated carbocycles. The highest BCUT2D eigenvalue weighted by Crippen LogP contribution is 2.31. The molecule has 3 rings (SSSR count). The van der Waals surface area contributed by atoms with Crippen LogP contribution in [0.2, 0.25) is 0 Å². The minimum Gasteiger partial charge on any atom is -0.356 e. The summed E-state index contributed by atoms with van der Waals surface area (Å²) in [6.45, 7) is 2.08. The number of benzene rings is 1. The third kappa shape index (κ3) is 4.34. The van der Waals surface area contributed by atoms with E-state index in [9.17, 15) is 13.2 Å². The second kappa shape index (κ2) is 8.05. The lowest BCUT2D eigenvalue weighted by Crippen LogP contribution is -2.43. The van der Waals surface area contributed by atoms with Crippen molar-refractivity contribution in [3.05, 3.63) is 29.8 Å². The number of aliphatic imine (C=N–C) groups is 1. The van der Waals surface area contributed by atoms with Crippen molar-refractivity contribution in [1.29, 1.82) is 0 Å². The lowest BCUT2D eigenvalue weighted by atomic mass is 9.90. The molecule has 1 atom stereocenters. The summed E-state index contributed by atoms with van der Waals surface area (Å²) < 4.78 is 25.1. The Balaban J connectivity index is 1.51. The molecule has 9 heteroatoms. The Morgan fingerprint density at radius 3 is 2.88 bits per heavy atom. The average Bonchev–Trinajstić information content (AvgIpc) is 2.95. The number of hydrogen-bond donors (Lipinski definition) is 3. The van der Waals surface area contributed by atoms with Crippen molar-refractivity contribution < 1.29 is 13.2 Å². The first-order chi connectivity index (χ1) is 12.5. The smallest absolute Gasteiger partial charge is 0.225 e. The summed E-state index contributed by atoms with van der Waals surface area (Å²) in [6, 6.07) is 7.80. The quantitative estimate of drug-likeness (QED) is 0.505. The zero-order valence-electron chi connectivity index (χ0n) is 14.9. The van der Waals surface area contributed by atoms with E-state index in [0.717, 1.165) is 11.3 Å². The SMILES string of the molecule is CN=C(NCCN1CCCS1(=O)=O)NCC1CC(=O)Nc2ccccc21. The third-order valence-corrected chi connectivity index (χ3v) is 6.66. The molecular weight excluding hydrogens is 354 g/mol. The van der Waals surface area contributed by atoms with E-state index in [1.54, 1.807) is 7.05 Å². The van der Waals surface area contributed by atoms with Gasteiger partial charge in [-0.2, -0.15) is 0 Å². The van der Waals surface area contributed by atoms with Gasteiger partial charge in [0.25, 0.3) is 0 Å². The number of nitrogens with one attached hydrogen (secondary N) is 3. The van der Waals surface area contributed by atoms with E-state index in [0.29, 0.717) is 45.0 Å². The van der Waals surface area contributed by atoms with Gasteiger partial charge in [0.15, 0.2) is 5.96 Å². The van der Waals surface area contributed by atoms with Gasteiger partial charge >= 0.3 is 0 Å². The second-order valence-corrected chi connectivity index (χ2v) is 8.57. The number of nitrogens with zero attached hydrogens (tertiary/aromatic N) is 2. The molecule has 26 heavy (non-hydrogen) atoms. The minimum absolute atomic E-state index is 0.0117. The average molecular weight is 379 g/mol. The van der Waals surface area contributed by atoms with E-state index < -0.39 is 10.0 Å². The van der Waals surface area contributed by atoms with Gasteiger partial charge in [0, 0.05) is 51.3 Å². The van der Waals surface area contributed by atoms with Gasteiger partial charge < -0.3 is 16.0 Å². The predicted molar refractivity (Wildman–Crippen MR) is 102 cm³/mol. The highest BCUT2D eigenvalue weighted by molar-refractivity contribution is 7.89. The Morgan fingerprint density at radius 1 is 1.35 bits per heavy atom. The number of carbonyl (C=O) groups excluding carboxylic acids is 1. The van der Waals surface area contributed by atoms with Crippen molar-refractivity contribution in [2.24, 2.45) is 4.99 Å². The standard InChI is InChI=1S/C17H25N5O3S/c1-18-17(19-7-9-22-8-4-10-26(22,24)25)20-12-13-11-16(23)21-15-6-3-2-5-14(13)15/h2-3,5-6,13H,4,7-12H2,1H3,(H,21,23)(H2,18,19,20).